The molecule has 0 bridgehead atoms. The van der Waals surface area contributed by atoms with Crippen molar-refractivity contribution in [2.45, 2.75) is 39.1 Å². The molecule has 1 amide bonds. The van der Waals surface area contributed by atoms with Crippen LogP contribution in [0.2, 0.25) is 0 Å². The molecule has 3 rings (SSSR count). The molecule has 0 fully saturated rings. The molecule has 8 nitrogen and oxygen atoms in total. The number of para-hydroxylation sites is 2. The predicted octanol–water partition coefficient (Wildman–Crippen LogP) is 2.08. The van der Waals surface area contributed by atoms with Gasteiger partial charge < -0.3 is 24.1 Å². The zero-order valence-corrected chi connectivity index (χ0v) is 14.0. The average molecular weight is 346 g/mol. The predicted molar refractivity (Wildman–Crippen MR) is 86.4 cm³/mol. The van der Waals surface area contributed by atoms with Gasteiger partial charge in [0, 0.05) is 6.07 Å². The number of aromatic nitrogens is 1. The third-order valence-electron chi connectivity index (χ3n) is 3.62. The monoisotopic (exact) mass is 346 g/mol. The second-order valence-electron chi connectivity index (χ2n) is 5.70. The molecule has 8 heteroatoms. The summed E-state index contributed by atoms with van der Waals surface area (Å²) in [5, 5.41) is 6.16. The Morgan fingerprint density at radius 2 is 1.92 bits per heavy atom. The third-order valence-corrected chi connectivity index (χ3v) is 3.62. The molecular weight excluding hydrogens is 328 g/mol. The van der Waals surface area contributed by atoms with Gasteiger partial charge in [-0.3, -0.25) is 4.79 Å². The normalized spacial score (nSPS) is 19.8. The summed E-state index contributed by atoms with van der Waals surface area (Å²) in [6.45, 7) is 4.86. The molecule has 1 aliphatic rings. The average Bonchev–Trinajstić information content (AvgIpc) is 2.98. The number of carbonyl (C=O) groups excluding carboxylic acids is 2. The van der Waals surface area contributed by atoms with Crippen LogP contribution in [0.1, 0.15) is 19.6 Å². The summed E-state index contributed by atoms with van der Waals surface area (Å²) in [5.74, 6) is 0.626. The van der Waals surface area contributed by atoms with Gasteiger partial charge in [-0.2, -0.15) is 0 Å². The summed E-state index contributed by atoms with van der Waals surface area (Å²) in [6.07, 6.45) is -2.53. The molecule has 2 heterocycles. The van der Waals surface area contributed by atoms with Crippen molar-refractivity contribution in [3.05, 3.63) is 36.1 Å². The number of benzene rings is 1. The molecule has 0 radical (unpaired) electrons. The number of hydrogen-bond acceptors (Lipinski definition) is 7. The number of rotatable bonds is 4. The van der Waals surface area contributed by atoms with Crippen molar-refractivity contribution in [2.24, 2.45) is 0 Å². The zero-order chi connectivity index (χ0) is 18.0. The Morgan fingerprint density at radius 3 is 2.56 bits per heavy atom. The number of esters is 1. The first-order valence-electron chi connectivity index (χ1n) is 7.81. The van der Waals surface area contributed by atoms with Gasteiger partial charge in [0.2, 0.25) is 6.10 Å². The minimum atomic E-state index is -1.03. The van der Waals surface area contributed by atoms with E-state index in [9.17, 15) is 9.59 Å². The van der Waals surface area contributed by atoms with Crippen LogP contribution in [0, 0.1) is 6.92 Å². The highest BCUT2D eigenvalue weighted by molar-refractivity contribution is 5.94. The van der Waals surface area contributed by atoms with Crippen LogP contribution < -0.4 is 14.8 Å². The molecule has 1 N–H and O–H groups in total. The molecular formula is C17H18N2O6. The van der Waals surface area contributed by atoms with Crippen molar-refractivity contribution in [2.75, 3.05) is 5.32 Å². The van der Waals surface area contributed by atoms with Crippen LogP contribution >= 0.6 is 0 Å². The van der Waals surface area contributed by atoms with E-state index in [1.165, 1.54) is 6.92 Å². The summed E-state index contributed by atoms with van der Waals surface area (Å²) in [4.78, 5) is 24.4. The lowest BCUT2D eigenvalue weighted by Gasteiger charge is -2.30. The lowest BCUT2D eigenvalue weighted by atomic mass is 10.2. The van der Waals surface area contributed by atoms with Gasteiger partial charge in [0.1, 0.15) is 11.9 Å². The van der Waals surface area contributed by atoms with Crippen LogP contribution in [0.15, 0.2) is 34.9 Å². The van der Waals surface area contributed by atoms with Crippen LogP contribution in [0.25, 0.3) is 0 Å². The molecule has 1 aromatic carbocycles. The van der Waals surface area contributed by atoms with Crippen molar-refractivity contribution in [1.29, 1.82) is 0 Å². The number of anilines is 1. The summed E-state index contributed by atoms with van der Waals surface area (Å²) >= 11 is 0. The molecule has 0 saturated carbocycles. The SMILES string of the molecule is Cc1cc(NC(=O)C(C)OC(=O)C2Oc3ccccc3OC2C)no1. The number of ether oxygens (including phenoxy) is 3. The van der Waals surface area contributed by atoms with Crippen LogP contribution in [-0.2, 0) is 14.3 Å². The molecule has 1 aromatic heterocycles. The van der Waals surface area contributed by atoms with Crippen molar-refractivity contribution in [3.63, 3.8) is 0 Å². The highest BCUT2D eigenvalue weighted by atomic mass is 16.6. The molecule has 1 aliphatic heterocycles. The maximum atomic E-state index is 12.3. The summed E-state index contributed by atoms with van der Waals surface area (Å²) in [5.41, 5.74) is 0. The van der Waals surface area contributed by atoms with Crippen molar-refractivity contribution < 1.29 is 28.3 Å². The minimum Gasteiger partial charge on any atom is -0.482 e. The van der Waals surface area contributed by atoms with E-state index in [0.717, 1.165) is 0 Å². The van der Waals surface area contributed by atoms with Crippen LogP contribution in [0.5, 0.6) is 11.5 Å². The highest BCUT2D eigenvalue weighted by Crippen LogP contribution is 2.33. The van der Waals surface area contributed by atoms with Crippen molar-refractivity contribution >= 4 is 17.7 Å². The first-order chi connectivity index (χ1) is 11.9. The number of amides is 1. The molecule has 3 atom stereocenters. The third kappa shape index (κ3) is 3.73. The number of hydrogen-bond donors (Lipinski definition) is 1. The van der Waals surface area contributed by atoms with Gasteiger partial charge in [-0.05, 0) is 32.9 Å². The van der Waals surface area contributed by atoms with Gasteiger partial charge >= 0.3 is 5.97 Å². The fourth-order valence-electron chi connectivity index (χ4n) is 2.33. The number of nitrogens with zero attached hydrogens (tertiary/aromatic N) is 1. The van der Waals surface area contributed by atoms with Gasteiger partial charge in [-0.15, -0.1) is 0 Å². The molecule has 25 heavy (non-hydrogen) atoms. The fraction of sp³-hybridized carbons (Fsp3) is 0.353. The Balaban J connectivity index is 1.60. The van der Waals surface area contributed by atoms with E-state index in [1.807, 2.05) is 6.07 Å². The topological polar surface area (TPSA) is 99.9 Å². The largest absolute Gasteiger partial charge is 0.482 e. The number of fused-ring (bicyclic) bond motifs is 1. The summed E-state index contributed by atoms with van der Waals surface area (Å²) in [7, 11) is 0. The first kappa shape index (κ1) is 16.8. The van der Waals surface area contributed by atoms with E-state index < -0.39 is 30.2 Å². The zero-order valence-electron chi connectivity index (χ0n) is 14.0. The van der Waals surface area contributed by atoms with Crippen LogP contribution in [0.3, 0.4) is 0 Å². The maximum absolute atomic E-state index is 12.3. The smallest absolute Gasteiger partial charge is 0.352 e. The second kappa shape index (κ2) is 6.84. The summed E-state index contributed by atoms with van der Waals surface area (Å²) < 4.78 is 21.4. The standard InChI is InChI=1S/C17H18N2O6/c1-9-8-14(19-25-9)18-16(20)11(3)23-17(21)15-10(2)22-12-6-4-5-7-13(12)24-15/h4-8,10-11,15H,1-3H3,(H,18,19,20). The van der Waals surface area contributed by atoms with Gasteiger partial charge in [0.05, 0.1) is 0 Å². The lowest BCUT2D eigenvalue weighted by molar-refractivity contribution is -0.165. The van der Waals surface area contributed by atoms with Gasteiger partial charge in [0.15, 0.2) is 23.4 Å². The highest BCUT2D eigenvalue weighted by Gasteiger charge is 2.36. The van der Waals surface area contributed by atoms with E-state index in [0.29, 0.717) is 17.3 Å². The number of nitrogens with one attached hydrogen (secondary N) is 1. The molecule has 0 aliphatic carbocycles. The second-order valence-corrected chi connectivity index (χ2v) is 5.70. The number of carbonyl (C=O) groups is 2. The Kier molecular flexibility index (Phi) is 4.60. The Hall–Kier alpha value is -3.03. The van der Waals surface area contributed by atoms with Gasteiger partial charge in [-0.1, -0.05) is 17.3 Å². The van der Waals surface area contributed by atoms with Crippen LogP contribution in [0.4, 0.5) is 5.82 Å². The molecule has 2 aromatic rings. The van der Waals surface area contributed by atoms with Gasteiger partial charge in [0.25, 0.3) is 5.91 Å². The van der Waals surface area contributed by atoms with E-state index >= 15 is 0 Å². The molecule has 132 valence electrons. The van der Waals surface area contributed by atoms with E-state index in [-0.39, 0.29) is 5.82 Å². The number of aryl methyl sites for hydroxylation is 1. The van der Waals surface area contributed by atoms with Crippen LogP contribution in [-0.4, -0.2) is 35.3 Å². The quantitative estimate of drug-likeness (QED) is 0.846. The Morgan fingerprint density at radius 1 is 1.24 bits per heavy atom. The van der Waals surface area contributed by atoms with E-state index in [1.54, 1.807) is 38.1 Å². The maximum Gasteiger partial charge on any atom is 0.352 e. The first-order valence-corrected chi connectivity index (χ1v) is 7.81. The lowest BCUT2D eigenvalue weighted by Crippen LogP contribution is -2.46. The Labute approximate surface area is 144 Å². The van der Waals surface area contributed by atoms with Crippen molar-refractivity contribution in [1.82, 2.24) is 5.16 Å². The van der Waals surface area contributed by atoms with E-state index in [4.69, 9.17) is 18.7 Å². The molecule has 3 unspecified atom stereocenters. The fourth-order valence-corrected chi connectivity index (χ4v) is 2.33. The minimum absolute atomic E-state index is 0.255. The van der Waals surface area contributed by atoms with E-state index in [2.05, 4.69) is 10.5 Å². The molecule has 0 spiro atoms. The van der Waals surface area contributed by atoms with Gasteiger partial charge in [-0.25, -0.2) is 4.79 Å². The summed E-state index contributed by atoms with van der Waals surface area (Å²) in [6, 6.07) is 8.60. The Bertz CT molecular complexity index is 787. The van der Waals surface area contributed by atoms with Crippen molar-refractivity contribution in [3.8, 4) is 11.5 Å². The molecule has 0 saturated heterocycles.